The quantitative estimate of drug-likeness (QED) is 0.689. The van der Waals surface area contributed by atoms with Gasteiger partial charge in [-0.05, 0) is 12.0 Å². The van der Waals surface area contributed by atoms with Crippen LogP contribution in [0.4, 0.5) is 0 Å². The molecule has 0 N–H and O–H groups in total. The van der Waals surface area contributed by atoms with Crippen molar-refractivity contribution in [1.82, 2.24) is 0 Å². The number of methoxy groups -OCH3 is 1. The molecule has 0 aliphatic rings. The molecule has 0 aromatic heterocycles. The summed E-state index contributed by atoms with van der Waals surface area (Å²) in [6.07, 6.45) is 1.29. The van der Waals surface area contributed by atoms with E-state index in [9.17, 15) is 0 Å². The Labute approximate surface area is 84.6 Å². The molecule has 1 aromatic carbocycles. The zero-order chi connectivity index (χ0) is 8.10. The van der Waals surface area contributed by atoms with Crippen molar-refractivity contribution in [3.63, 3.8) is 0 Å². The zero-order valence-electron chi connectivity index (χ0n) is 7.46. The number of ether oxygens (including phenoxy) is 1. The molecule has 1 atom stereocenters. The van der Waals surface area contributed by atoms with E-state index in [2.05, 4.69) is 19.1 Å². The summed E-state index contributed by atoms with van der Waals surface area (Å²) in [5.74, 6) is 0. The van der Waals surface area contributed by atoms with E-state index >= 15 is 0 Å². The molecule has 1 nitrogen and oxygen atoms in total. The van der Waals surface area contributed by atoms with Gasteiger partial charge in [-0.25, -0.2) is 0 Å². The SMILES string of the molecule is CCC(OC)c1ccccc1.[Mn]. The molecule has 1 radical (unpaired) electrons. The van der Waals surface area contributed by atoms with Gasteiger partial charge in [0.2, 0.25) is 0 Å². The Bertz CT molecular complexity index is 194. The Morgan fingerprint density at radius 1 is 1.25 bits per heavy atom. The van der Waals surface area contributed by atoms with Gasteiger partial charge in [-0.1, -0.05) is 37.3 Å². The average molecular weight is 205 g/mol. The summed E-state index contributed by atoms with van der Waals surface area (Å²) in [5, 5.41) is 0. The van der Waals surface area contributed by atoms with E-state index in [-0.39, 0.29) is 23.2 Å². The second-order valence-electron chi connectivity index (χ2n) is 2.54. The van der Waals surface area contributed by atoms with Crippen molar-refractivity contribution >= 4 is 0 Å². The molecule has 0 saturated carbocycles. The minimum Gasteiger partial charge on any atom is -0.377 e. The molecule has 0 aliphatic heterocycles. The van der Waals surface area contributed by atoms with Crippen LogP contribution in [0.3, 0.4) is 0 Å². The summed E-state index contributed by atoms with van der Waals surface area (Å²) in [4.78, 5) is 0. The number of hydrogen-bond donors (Lipinski definition) is 0. The molecule has 67 valence electrons. The topological polar surface area (TPSA) is 9.23 Å². The van der Waals surface area contributed by atoms with E-state index < -0.39 is 0 Å². The van der Waals surface area contributed by atoms with Crippen LogP contribution in [0.1, 0.15) is 25.0 Å². The summed E-state index contributed by atoms with van der Waals surface area (Å²) < 4.78 is 5.29. The van der Waals surface area contributed by atoms with Crippen LogP contribution in [-0.2, 0) is 21.8 Å². The zero-order valence-corrected chi connectivity index (χ0v) is 8.64. The normalized spacial score (nSPS) is 11.8. The summed E-state index contributed by atoms with van der Waals surface area (Å²) in [6.45, 7) is 2.13. The largest absolute Gasteiger partial charge is 0.377 e. The monoisotopic (exact) mass is 205 g/mol. The molecule has 1 unspecified atom stereocenters. The van der Waals surface area contributed by atoms with Crippen LogP contribution in [0, 0.1) is 0 Å². The number of hydrogen-bond acceptors (Lipinski definition) is 1. The Morgan fingerprint density at radius 3 is 2.25 bits per heavy atom. The maximum Gasteiger partial charge on any atom is 0.0818 e. The number of benzene rings is 1. The van der Waals surface area contributed by atoms with Crippen molar-refractivity contribution in [2.45, 2.75) is 19.4 Å². The van der Waals surface area contributed by atoms with Gasteiger partial charge < -0.3 is 4.74 Å². The first-order chi connectivity index (χ1) is 5.38. The summed E-state index contributed by atoms with van der Waals surface area (Å²) in [7, 11) is 1.75. The Balaban J connectivity index is 0.00000121. The fourth-order valence-corrected chi connectivity index (χ4v) is 1.21. The third kappa shape index (κ3) is 2.98. The molecule has 0 amide bonds. The fraction of sp³-hybridized carbons (Fsp3) is 0.400. The van der Waals surface area contributed by atoms with E-state index in [1.807, 2.05) is 18.2 Å². The molecular weight excluding hydrogens is 191 g/mol. The van der Waals surface area contributed by atoms with Crippen molar-refractivity contribution in [3.05, 3.63) is 35.9 Å². The molecule has 2 heteroatoms. The van der Waals surface area contributed by atoms with E-state index in [0.717, 1.165) is 6.42 Å². The first-order valence-corrected chi connectivity index (χ1v) is 3.96. The summed E-state index contributed by atoms with van der Waals surface area (Å²) in [6, 6.07) is 10.3. The minimum absolute atomic E-state index is 0. The van der Waals surface area contributed by atoms with Crippen molar-refractivity contribution in [2.24, 2.45) is 0 Å². The Kier molecular flexibility index (Phi) is 6.09. The molecule has 0 heterocycles. The molecule has 0 fully saturated rings. The van der Waals surface area contributed by atoms with Crippen molar-refractivity contribution in [2.75, 3.05) is 7.11 Å². The average Bonchev–Trinajstić information content (AvgIpc) is 2.09. The number of rotatable bonds is 3. The third-order valence-corrected chi connectivity index (χ3v) is 1.83. The van der Waals surface area contributed by atoms with E-state index in [1.165, 1.54) is 5.56 Å². The predicted octanol–water partition coefficient (Wildman–Crippen LogP) is 2.78. The maximum absolute atomic E-state index is 5.29. The van der Waals surface area contributed by atoms with Crippen LogP contribution in [-0.4, -0.2) is 7.11 Å². The second-order valence-corrected chi connectivity index (χ2v) is 2.54. The van der Waals surface area contributed by atoms with Crippen molar-refractivity contribution < 1.29 is 21.8 Å². The molecule has 0 saturated heterocycles. The van der Waals surface area contributed by atoms with Gasteiger partial charge in [-0.3, -0.25) is 0 Å². The summed E-state index contributed by atoms with van der Waals surface area (Å²) >= 11 is 0. The Hall–Kier alpha value is -0.301. The minimum atomic E-state index is 0. The fourth-order valence-electron chi connectivity index (χ4n) is 1.21. The van der Waals surface area contributed by atoms with Crippen molar-refractivity contribution in [3.8, 4) is 0 Å². The maximum atomic E-state index is 5.29. The van der Waals surface area contributed by atoms with E-state index in [1.54, 1.807) is 7.11 Å². The first kappa shape index (κ1) is 11.7. The van der Waals surface area contributed by atoms with Crippen LogP contribution in [0.15, 0.2) is 30.3 Å². The molecular formula is C10H14MnO. The van der Waals surface area contributed by atoms with Gasteiger partial charge in [0.15, 0.2) is 0 Å². The van der Waals surface area contributed by atoms with Crippen LogP contribution in [0.2, 0.25) is 0 Å². The van der Waals surface area contributed by atoms with Gasteiger partial charge in [0.05, 0.1) is 6.10 Å². The molecule has 1 rings (SSSR count). The second kappa shape index (κ2) is 6.24. The van der Waals surface area contributed by atoms with Crippen LogP contribution < -0.4 is 0 Å². The molecule has 0 spiro atoms. The molecule has 0 aliphatic carbocycles. The van der Waals surface area contributed by atoms with Gasteiger partial charge in [0.25, 0.3) is 0 Å². The summed E-state index contributed by atoms with van der Waals surface area (Å²) in [5.41, 5.74) is 1.26. The van der Waals surface area contributed by atoms with Gasteiger partial charge in [0, 0.05) is 24.2 Å². The van der Waals surface area contributed by atoms with Gasteiger partial charge in [-0.2, -0.15) is 0 Å². The third-order valence-electron chi connectivity index (χ3n) is 1.83. The molecule has 1 aromatic rings. The van der Waals surface area contributed by atoms with Gasteiger partial charge in [-0.15, -0.1) is 0 Å². The van der Waals surface area contributed by atoms with Crippen molar-refractivity contribution in [1.29, 1.82) is 0 Å². The smallest absolute Gasteiger partial charge is 0.0818 e. The van der Waals surface area contributed by atoms with Crippen LogP contribution in [0.25, 0.3) is 0 Å². The molecule has 0 bridgehead atoms. The van der Waals surface area contributed by atoms with E-state index in [4.69, 9.17) is 4.74 Å². The van der Waals surface area contributed by atoms with Gasteiger partial charge >= 0.3 is 0 Å². The van der Waals surface area contributed by atoms with Crippen LogP contribution >= 0.6 is 0 Å². The van der Waals surface area contributed by atoms with Crippen LogP contribution in [0.5, 0.6) is 0 Å². The molecule has 12 heavy (non-hydrogen) atoms. The standard InChI is InChI=1S/C10H14O.Mn/c1-3-10(11-2)9-7-5-4-6-8-9;/h4-8,10H,3H2,1-2H3;. The van der Waals surface area contributed by atoms with E-state index in [0.29, 0.717) is 0 Å². The Morgan fingerprint density at radius 2 is 1.83 bits per heavy atom. The predicted molar refractivity (Wildman–Crippen MR) is 46.5 cm³/mol. The van der Waals surface area contributed by atoms with Gasteiger partial charge in [0.1, 0.15) is 0 Å². The first-order valence-electron chi connectivity index (χ1n) is 3.96.